The molecule has 3 heteroatoms. The van der Waals surface area contributed by atoms with Gasteiger partial charge in [-0.2, -0.15) is 0 Å². The fourth-order valence-corrected chi connectivity index (χ4v) is 2.97. The van der Waals surface area contributed by atoms with Crippen molar-refractivity contribution in [2.24, 2.45) is 11.8 Å². The van der Waals surface area contributed by atoms with Crippen molar-refractivity contribution in [1.82, 2.24) is 0 Å². The molecule has 132 valence electrons. The van der Waals surface area contributed by atoms with Crippen molar-refractivity contribution in [1.29, 1.82) is 0 Å². The molecule has 0 aromatic carbocycles. The molecule has 1 aliphatic rings. The van der Waals surface area contributed by atoms with E-state index in [9.17, 15) is 15.3 Å². The van der Waals surface area contributed by atoms with Crippen LogP contribution in [0.3, 0.4) is 0 Å². The zero-order chi connectivity index (χ0) is 17.6. The van der Waals surface area contributed by atoms with Crippen LogP contribution in [0.2, 0.25) is 0 Å². The molecule has 0 amide bonds. The van der Waals surface area contributed by atoms with E-state index in [1.807, 2.05) is 26.0 Å². The van der Waals surface area contributed by atoms with Crippen LogP contribution in [0, 0.1) is 11.8 Å². The predicted octanol–water partition coefficient (Wildman–Crippen LogP) is 3.75. The van der Waals surface area contributed by atoms with Crippen LogP contribution in [0.5, 0.6) is 0 Å². The number of allylic oxidation sites excluding steroid dienone is 3. The van der Waals surface area contributed by atoms with Crippen LogP contribution in [0.4, 0.5) is 0 Å². The maximum Gasteiger partial charge on any atom is 0.0827 e. The fourth-order valence-electron chi connectivity index (χ4n) is 2.97. The van der Waals surface area contributed by atoms with E-state index in [0.29, 0.717) is 12.3 Å². The summed E-state index contributed by atoms with van der Waals surface area (Å²) < 4.78 is 0. The van der Waals surface area contributed by atoms with Gasteiger partial charge in [-0.25, -0.2) is 0 Å². The zero-order valence-electron chi connectivity index (χ0n) is 15.3. The Balaban J connectivity index is 3.07. The molecule has 0 spiro atoms. The molecule has 3 N–H and O–H groups in total. The van der Waals surface area contributed by atoms with Gasteiger partial charge in [0.2, 0.25) is 0 Å². The van der Waals surface area contributed by atoms with E-state index in [1.54, 1.807) is 13.0 Å². The quantitative estimate of drug-likeness (QED) is 0.644. The Kier molecular flexibility index (Phi) is 7.72. The zero-order valence-corrected chi connectivity index (χ0v) is 15.3. The first-order valence-electron chi connectivity index (χ1n) is 8.72. The first-order chi connectivity index (χ1) is 10.6. The van der Waals surface area contributed by atoms with Gasteiger partial charge in [-0.05, 0) is 57.4 Å². The van der Waals surface area contributed by atoms with E-state index in [4.69, 9.17) is 0 Å². The van der Waals surface area contributed by atoms with Crippen LogP contribution in [0.25, 0.3) is 0 Å². The van der Waals surface area contributed by atoms with Gasteiger partial charge >= 0.3 is 0 Å². The van der Waals surface area contributed by atoms with Gasteiger partial charge in [0.1, 0.15) is 0 Å². The third-order valence-corrected chi connectivity index (χ3v) is 4.68. The molecule has 23 heavy (non-hydrogen) atoms. The summed E-state index contributed by atoms with van der Waals surface area (Å²) in [6, 6.07) is 0. The van der Waals surface area contributed by atoms with Crippen molar-refractivity contribution in [3.05, 3.63) is 35.5 Å². The Morgan fingerprint density at radius 3 is 2.48 bits per heavy atom. The maximum absolute atomic E-state index is 10.5. The normalized spacial score (nSPS) is 40.7. The Hall–Kier alpha value is -0.900. The summed E-state index contributed by atoms with van der Waals surface area (Å²) >= 11 is 0. The maximum atomic E-state index is 10.5. The lowest BCUT2D eigenvalue weighted by molar-refractivity contribution is 0.0562. The summed E-state index contributed by atoms with van der Waals surface area (Å²) in [5.41, 5.74) is 1.05. The van der Waals surface area contributed by atoms with Gasteiger partial charge in [-0.15, -0.1) is 0 Å². The first-order valence-corrected chi connectivity index (χ1v) is 8.72. The van der Waals surface area contributed by atoms with Gasteiger partial charge in [0.05, 0.1) is 17.8 Å². The second-order valence-corrected chi connectivity index (χ2v) is 7.65. The van der Waals surface area contributed by atoms with Gasteiger partial charge in [0.25, 0.3) is 0 Å². The summed E-state index contributed by atoms with van der Waals surface area (Å²) in [7, 11) is 0. The molecule has 0 heterocycles. The molecule has 0 aromatic rings. The molecule has 1 aliphatic carbocycles. The molecule has 3 nitrogen and oxygen atoms in total. The number of aliphatic hydroxyl groups excluding tert-OH is 2. The van der Waals surface area contributed by atoms with E-state index in [0.717, 1.165) is 24.0 Å². The Morgan fingerprint density at radius 2 is 1.87 bits per heavy atom. The highest BCUT2D eigenvalue weighted by Crippen LogP contribution is 2.25. The van der Waals surface area contributed by atoms with Gasteiger partial charge in [-0.3, -0.25) is 0 Å². The summed E-state index contributed by atoms with van der Waals surface area (Å²) in [5.74, 6) is 0.571. The molecule has 0 bridgehead atoms. The highest BCUT2D eigenvalue weighted by Gasteiger charge is 2.23. The van der Waals surface area contributed by atoms with Crippen molar-refractivity contribution in [2.45, 2.75) is 78.1 Å². The lowest BCUT2D eigenvalue weighted by Gasteiger charge is -2.25. The molecule has 0 fully saturated rings. The standard InChI is InChI=1S/C20H34O3/c1-14(2)17-9-10-20(5,23)13-18(21)11-15(3)7-6-8-16(4)19(22)12-17/h8-11,14,17-19,21-23H,6-7,12-13H2,1-5H3/b10-9+,15-11+,16-8+/t17-,18-,19+,20+/m0/s1. The van der Waals surface area contributed by atoms with Crippen LogP contribution in [-0.2, 0) is 0 Å². The summed E-state index contributed by atoms with van der Waals surface area (Å²) in [4.78, 5) is 0. The second kappa shape index (κ2) is 8.81. The molecule has 0 saturated heterocycles. The van der Waals surface area contributed by atoms with Crippen LogP contribution in [0.15, 0.2) is 35.5 Å². The molecule has 0 aliphatic heterocycles. The van der Waals surface area contributed by atoms with Crippen molar-refractivity contribution in [2.75, 3.05) is 0 Å². The Bertz CT molecular complexity index is 458. The molecular weight excluding hydrogens is 288 g/mol. The number of hydrogen-bond donors (Lipinski definition) is 3. The molecule has 0 saturated carbocycles. The van der Waals surface area contributed by atoms with Crippen molar-refractivity contribution in [3.63, 3.8) is 0 Å². The lowest BCUT2D eigenvalue weighted by atomic mass is 9.85. The molecule has 0 radical (unpaired) electrons. The minimum atomic E-state index is -1.05. The highest BCUT2D eigenvalue weighted by atomic mass is 16.3. The second-order valence-electron chi connectivity index (χ2n) is 7.65. The minimum Gasteiger partial charge on any atom is -0.389 e. The van der Waals surface area contributed by atoms with Gasteiger partial charge in [-0.1, -0.05) is 43.7 Å². The Labute approximate surface area is 141 Å². The monoisotopic (exact) mass is 322 g/mol. The average Bonchev–Trinajstić information content (AvgIpc) is 2.40. The molecule has 4 atom stereocenters. The van der Waals surface area contributed by atoms with E-state index < -0.39 is 17.8 Å². The van der Waals surface area contributed by atoms with E-state index in [-0.39, 0.29) is 12.3 Å². The third-order valence-electron chi connectivity index (χ3n) is 4.68. The van der Waals surface area contributed by atoms with E-state index in [1.165, 1.54) is 0 Å². The van der Waals surface area contributed by atoms with Crippen molar-refractivity contribution < 1.29 is 15.3 Å². The van der Waals surface area contributed by atoms with Crippen LogP contribution < -0.4 is 0 Å². The van der Waals surface area contributed by atoms with Crippen LogP contribution in [0.1, 0.15) is 60.3 Å². The molecule has 1 rings (SSSR count). The predicted molar refractivity (Wildman–Crippen MR) is 96.1 cm³/mol. The first kappa shape index (κ1) is 20.1. The van der Waals surface area contributed by atoms with Crippen molar-refractivity contribution in [3.8, 4) is 0 Å². The molecule has 0 aromatic heterocycles. The Morgan fingerprint density at radius 1 is 1.22 bits per heavy atom. The molecular formula is C20H34O3. The number of aliphatic hydroxyl groups is 3. The van der Waals surface area contributed by atoms with Crippen LogP contribution >= 0.6 is 0 Å². The van der Waals surface area contributed by atoms with Gasteiger partial charge in [0.15, 0.2) is 0 Å². The number of rotatable bonds is 1. The minimum absolute atomic E-state index is 0.192. The number of hydrogen-bond acceptors (Lipinski definition) is 3. The average molecular weight is 322 g/mol. The highest BCUT2D eigenvalue weighted by molar-refractivity contribution is 5.12. The topological polar surface area (TPSA) is 60.7 Å². The molecule has 0 unspecified atom stereocenters. The fraction of sp³-hybridized carbons (Fsp3) is 0.700. The third kappa shape index (κ3) is 7.47. The van der Waals surface area contributed by atoms with Crippen LogP contribution in [-0.4, -0.2) is 33.1 Å². The lowest BCUT2D eigenvalue weighted by Crippen LogP contribution is -2.28. The van der Waals surface area contributed by atoms with Gasteiger partial charge < -0.3 is 15.3 Å². The summed E-state index contributed by atoms with van der Waals surface area (Å²) in [5, 5.41) is 31.1. The van der Waals surface area contributed by atoms with E-state index >= 15 is 0 Å². The van der Waals surface area contributed by atoms with Gasteiger partial charge in [0, 0.05) is 6.42 Å². The SMILES string of the molecule is C/C1=C\[C@H](O)C[C@](C)(O)/C=C/[C@H](C(C)C)C[C@@H](O)/C(C)=C/CC1. The summed E-state index contributed by atoms with van der Waals surface area (Å²) in [6.07, 6.45) is 9.25. The summed E-state index contributed by atoms with van der Waals surface area (Å²) in [6.45, 7) is 9.94. The largest absolute Gasteiger partial charge is 0.389 e. The van der Waals surface area contributed by atoms with E-state index in [2.05, 4.69) is 19.9 Å². The smallest absolute Gasteiger partial charge is 0.0827 e. The van der Waals surface area contributed by atoms with Crippen molar-refractivity contribution >= 4 is 0 Å².